The first-order valence-electron chi connectivity index (χ1n) is 4.61. The molecule has 0 fully saturated rings. The Kier molecular flexibility index (Phi) is 4.48. The van der Waals surface area contributed by atoms with E-state index < -0.39 is 5.97 Å². The number of aromatic carboxylic acids is 1. The Bertz CT molecular complexity index is 327. The van der Waals surface area contributed by atoms with E-state index in [-0.39, 0.29) is 17.8 Å². The Morgan fingerprint density at radius 1 is 1.80 bits per heavy atom. The van der Waals surface area contributed by atoms with Gasteiger partial charge in [-0.05, 0) is 12.7 Å². The number of anilines is 1. The minimum absolute atomic E-state index is 0.0727. The highest BCUT2D eigenvalue weighted by Gasteiger charge is 2.13. The van der Waals surface area contributed by atoms with E-state index in [9.17, 15) is 4.79 Å². The maximum absolute atomic E-state index is 10.5. The van der Waals surface area contributed by atoms with Crippen LogP contribution in [0.2, 0.25) is 0 Å². The van der Waals surface area contributed by atoms with Gasteiger partial charge < -0.3 is 14.8 Å². The van der Waals surface area contributed by atoms with Gasteiger partial charge in [-0.1, -0.05) is 6.92 Å². The van der Waals surface area contributed by atoms with E-state index in [1.807, 2.05) is 6.26 Å². The Balaban J connectivity index is 2.59. The minimum atomic E-state index is -1.08. The fraction of sp³-hybridized carbons (Fsp3) is 0.556. The number of aromatic nitrogens is 1. The largest absolute Gasteiger partial charge is 0.476 e. The summed E-state index contributed by atoms with van der Waals surface area (Å²) in [7, 11) is 0. The number of rotatable bonds is 6. The number of thioether (sulfide) groups is 1. The van der Waals surface area contributed by atoms with Crippen molar-refractivity contribution in [2.45, 2.75) is 19.4 Å². The van der Waals surface area contributed by atoms with Crippen molar-refractivity contribution < 1.29 is 14.3 Å². The van der Waals surface area contributed by atoms with Crippen LogP contribution in [0, 0.1) is 0 Å². The molecule has 0 aliphatic heterocycles. The average Bonchev–Trinajstić information content (AvgIpc) is 2.65. The molecule has 0 saturated heterocycles. The van der Waals surface area contributed by atoms with E-state index in [2.05, 4.69) is 17.2 Å². The molecular weight excluding hydrogens is 216 g/mol. The van der Waals surface area contributed by atoms with Gasteiger partial charge >= 0.3 is 5.97 Å². The molecule has 0 radical (unpaired) electrons. The lowest BCUT2D eigenvalue weighted by atomic mass is 10.3. The molecular formula is C9H14N2O3S. The Hall–Kier alpha value is -1.17. The van der Waals surface area contributed by atoms with Gasteiger partial charge in [0.1, 0.15) is 6.26 Å². The number of nitrogens with one attached hydrogen (secondary N) is 1. The smallest absolute Gasteiger partial charge is 0.357 e. The van der Waals surface area contributed by atoms with Crippen molar-refractivity contribution in [3.63, 3.8) is 0 Å². The molecule has 0 saturated carbocycles. The Morgan fingerprint density at radius 2 is 2.53 bits per heavy atom. The summed E-state index contributed by atoms with van der Waals surface area (Å²) in [5, 5.41) is 11.7. The molecule has 0 aromatic carbocycles. The standard InChI is InChI=1S/C9H14N2O3S/c1-3-6(5-15-2)10-9-11-7(4-14-9)8(12)13/h4,6H,3,5H2,1-2H3,(H,10,11)(H,12,13). The number of nitrogens with zero attached hydrogens (tertiary/aromatic N) is 1. The van der Waals surface area contributed by atoms with Crippen LogP contribution in [0.4, 0.5) is 6.01 Å². The third-order valence-electron chi connectivity index (χ3n) is 1.91. The van der Waals surface area contributed by atoms with E-state index in [1.165, 1.54) is 0 Å². The number of oxazole rings is 1. The van der Waals surface area contributed by atoms with Crippen LogP contribution in [-0.2, 0) is 0 Å². The van der Waals surface area contributed by atoms with Gasteiger partial charge in [0.25, 0.3) is 6.01 Å². The molecule has 0 aliphatic carbocycles. The lowest BCUT2D eigenvalue weighted by Crippen LogP contribution is -2.21. The number of hydrogen-bond donors (Lipinski definition) is 2. The first-order valence-corrected chi connectivity index (χ1v) is 6.01. The summed E-state index contributed by atoms with van der Waals surface area (Å²) in [4.78, 5) is 14.3. The molecule has 1 rings (SSSR count). The van der Waals surface area contributed by atoms with Gasteiger partial charge in [0.15, 0.2) is 5.69 Å². The van der Waals surface area contributed by atoms with Crippen LogP contribution in [0.15, 0.2) is 10.7 Å². The van der Waals surface area contributed by atoms with Crippen molar-refractivity contribution in [1.82, 2.24) is 4.98 Å². The van der Waals surface area contributed by atoms with Gasteiger partial charge in [-0.25, -0.2) is 4.79 Å². The van der Waals surface area contributed by atoms with E-state index in [1.54, 1.807) is 11.8 Å². The highest BCUT2D eigenvalue weighted by atomic mass is 32.2. The molecule has 1 heterocycles. The van der Waals surface area contributed by atoms with Crippen molar-refractivity contribution >= 4 is 23.7 Å². The van der Waals surface area contributed by atoms with Crippen LogP contribution in [0.5, 0.6) is 0 Å². The van der Waals surface area contributed by atoms with Gasteiger partial charge in [0, 0.05) is 11.8 Å². The van der Waals surface area contributed by atoms with Crippen molar-refractivity contribution in [3.05, 3.63) is 12.0 Å². The Labute approximate surface area is 92.3 Å². The normalized spacial score (nSPS) is 12.4. The molecule has 2 N–H and O–H groups in total. The predicted molar refractivity (Wildman–Crippen MR) is 59.5 cm³/mol. The number of hydrogen-bond acceptors (Lipinski definition) is 5. The van der Waals surface area contributed by atoms with E-state index in [0.29, 0.717) is 0 Å². The molecule has 6 heteroatoms. The summed E-state index contributed by atoms with van der Waals surface area (Å²) in [6.07, 6.45) is 4.09. The van der Waals surface area contributed by atoms with Crippen molar-refractivity contribution in [1.29, 1.82) is 0 Å². The molecule has 0 amide bonds. The molecule has 15 heavy (non-hydrogen) atoms. The van der Waals surface area contributed by atoms with Gasteiger partial charge in [0.2, 0.25) is 0 Å². The van der Waals surface area contributed by atoms with Gasteiger partial charge in [0.05, 0.1) is 0 Å². The van der Waals surface area contributed by atoms with Gasteiger partial charge in [-0.3, -0.25) is 0 Å². The van der Waals surface area contributed by atoms with Crippen LogP contribution in [0.25, 0.3) is 0 Å². The van der Waals surface area contributed by atoms with Gasteiger partial charge in [-0.2, -0.15) is 16.7 Å². The third kappa shape index (κ3) is 3.47. The summed E-state index contributed by atoms with van der Waals surface area (Å²) in [6, 6.07) is 0.522. The fourth-order valence-corrected chi connectivity index (χ4v) is 1.80. The average molecular weight is 230 g/mol. The van der Waals surface area contributed by atoms with Crippen LogP contribution in [-0.4, -0.2) is 34.1 Å². The molecule has 84 valence electrons. The van der Waals surface area contributed by atoms with Crippen LogP contribution in [0.3, 0.4) is 0 Å². The lowest BCUT2D eigenvalue weighted by molar-refractivity contribution is 0.0690. The van der Waals surface area contributed by atoms with Crippen molar-refractivity contribution in [2.24, 2.45) is 0 Å². The quantitative estimate of drug-likeness (QED) is 0.777. The maximum atomic E-state index is 10.5. The molecule has 0 aliphatic rings. The second-order valence-electron chi connectivity index (χ2n) is 3.05. The fourth-order valence-electron chi connectivity index (χ4n) is 1.08. The van der Waals surface area contributed by atoms with E-state index in [4.69, 9.17) is 9.52 Å². The van der Waals surface area contributed by atoms with Gasteiger partial charge in [-0.15, -0.1) is 0 Å². The number of carboxylic acid groups (broad SMARTS) is 1. The molecule has 0 spiro atoms. The van der Waals surface area contributed by atoms with Crippen LogP contribution in [0.1, 0.15) is 23.8 Å². The predicted octanol–water partition coefficient (Wildman–Crippen LogP) is 1.93. The summed E-state index contributed by atoms with van der Waals surface area (Å²) < 4.78 is 4.99. The number of carbonyl (C=O) groups is 1. The first-order chi connectivity index (χ1) is 7.17. The number of carboxylic acids is 1. The monoisotopic (exact) mass is 230 g/mol. The van der Waals surface area contributed by atoms with E-state index >= 15 is 0 Å². The highest BCUT2D eigenvalue weighted by molar-refractivity contribution is 7.98. The topological polar surface area (TPSA) is 75.4 Å². The zero-order chi connectivity index (χ0) is 11.3. The molecule has 1 aromatic rings. The van der Waals surface area contributed by atoms with Crippen LogP contribution >= 0.6 is 11.8 Å². The summed E-state index contributed by atoms with van der Waals surface area (Å²) in [5.41, 5.74) is -0.0727. The summed E-state index contributed by atoms with van der Waals surface area (Å²) in [6.45, 7) is 2.05. The zero-order valence-electron chi connectivity index (χ0n) is 8.69. The van der Waals surface area contributed by atoms with E-state index in [0.717, 1.165) is 18.4 Å². The SMILES string of the molecule is CCC(CSC)Nc1nc(C(=O)O)co1. The van der Waals surface area contributed by atoms with Crippen LogP contribution < -0.4 is 5.32 Å². The molecule has 5 nitrogen and oxygen atoms in total. The van der Waals surface area contributed by atoms with Crippen molar-refractivity contribution in [3.8, 4) is 0 Å². The lowest BCUT2D eigenvalue weighted by Gasteiger charge is -2.13. The molecule has 1 unspecified atom stereocenters. The zero-order valence-corrected chi connectivity index (χ0v) is 9.50. The maximum Gasteiger partial charge on any atom is 0.357 e. The van der Waals surface area contributed by atoms with Crippen molar-refractivity contribution in [2.75, 3.05) is 17.3 Å². The summed E-state index contributed by atoms with van der Waals surface area (Å²) in [5.74, 6) is -0.147. The molecule has 1 atom stereocenters. The second kappa shape index (κ2) is 5.65. The summed E-state index contributed by atoms with van der Waals surface area (Å²) >= 11 is 1.72. The highest BCUT2D eigenvalue weighted by Crippen LogP contribution is 2.12. The Morgan fingerprint density at radius 3 is 3.00 bits per heavy atom. The molecule has 0 bridgehead atoms. The second-order valence-corrected chi connectivity index (χ2v) is 3.96. The first kappa shape index (κ1) is 11.9. The minimum Gasteiger partial charge on any atom is -0.476 e. The third-order valence-corrected chi connectivity index (χ3v) is 2.65. The molecule has 1 aromatic heterocycles.